The molecule has 2 heterocycles. The van der Waals surface area contributed by atoms with Crippen molar-refractivity contribution in [2.45, 2.75) is 65.6 Å². The maximum absolute atomic E-state index is 6.80. The second-order valence-corrected chi connectivity index (χ2v) is 11.0. The zero-order valence-corrected chi connectivity index (χ0v) is 22.2. The molecule has 1 atom stereocenters. The lowest BCUT2D eigenvalue weighted by molar-refractivity contribution is -0.0279. The normalized spacial score (nSPS) is 23.5. The number of likely N-dealkylation sites (tertiary alicyclic amines) is 1. The number of nitrogens with two attached hydrogens (primary N) is 1. The SMILES string of the molecule is CC1=C(C)C2=C(N)C(C)(CCN3CCC(OC(c4ccccc4)c4ccccc4)CC3)CC2=C(C)O1. The number of allylic oxidation sites excluding steroid dienone is 6. The Kier molecular flexibility index (Phi) is 7.09. The van der Waals surface area contributed by atoms with Gasteiger partial charge in [-0.3, -0.25) is 0 Å². The van der Waals surface area contributed by atoms with Crippen LogP contribution in [0, 0.1) is 5.41 Å². The molecule has 2 aromatic carbocycles. The van der Waals surface area contributed by atoms with Gasteiger partial charge in [0.2, 0.25) is 0 Å². The minimum Gasteiger partial charge on any atom is -0.466 e. The van der Waals surface area contributed by atoms with Crippen LogP contribution < -0.4 is 5.73 Å². The van der Waals surface area contributed by atoms with Gasteiger partial charge in [0, 0.05) is 35.3 Å². The summed E-state index contributed by atoms with van der Waals surface area (Å²) in [6, 6.07) is 21.2. The van der Waals surface area contributed by atoms with Gasteiger partial charge in [0.1, 0.15) is 17.6 Å². The Morgan fingerprint density at radius 1 is 0.944 bits per heavy atom. The molecule has 0 saturated carbocycles. The lowest BCUT2D eigenvalue weighted by Gasteiger charge is -2.36. The molecule has 1 unspecified atom stereocenters. The molecule has 0 amide bonds. The molecule has 2 aliphatic heterocycles. The first kappa shape index (κ1) is 24.9. The van der Waals surface area contributed by atoms with Gasteiger partial charge < -0.3 is 20.1 Å². The molecular weight excluding hydrogens is 444 g/mol. The van der Waals surface area contributed by atoms with Gasteiger partial charge in [-0.05, 0) is 69.7 Å². The molecule has 1 fully saturated rings. The van der Waals surface area contributed by atoms with Crippen LogP contribution in [-0.4, -0.2) is 30.6 Å². The van der Waals surface area contributed by atoms with E-state index in [9.17, 15) is 0 Å². The lowest BCUT2D eigenvalue weighted by Crippen LogP contribution is -2.39. The van der Waals surface area contributed by atoms with E-state index in [0.717, 1.165) is 62.5 Å². The van der Waals surface area contributed by atoms with Gasteiger partial charge in [-0.25, -0.2) is 0 Å². The van der Waals surface area contributed by atoms with Crippen LogP contribution >= 0.6 is 0 Å². The highest BCUT2D eigenvalue weighted by Crippen LogP contribution is 2.51. The number of hydrogen-bond acceptors (Lipinski definition) is 4. The summed E-state index contributed by atoms with van der Waals surface area (Å²) in [5.41, 5.74) is 14.0. The highest BCUT2D eigenvalue weighted by Gasteiger charge is 2.42. The first-order valence-electron chi connectivity index (χ1n) is 13.4. The van der Waals surface area contributed by atoms with Crippen molar-refractivity contribution in [3.05, 3.63) is 106 Å². The Morgan fingerprint density at radius 3 is 2.11 bits per heavy atom. The van der Waals surface area contributed by atoms with E-state index < -0.39 is 0 Å². The van der Waals surface area contributed by atoms with Crippen LogP contribution in [0.2, 0.25) is 0 Å². The van der Waals surface area contributed by atoms with Crippen LogP contribution in [0.4, 0.5) is 0 Å². The van der Waals surface area contributed by atoms with E-state index in [1.807, 2.05) is 6.92 Å². The summed E-state index contributed by atoms with van der Waals surface area (Å²) in [6.45, 7) is 11.8. The molecule has 2 N–H and O–H groups in total. The molecule has 4 heteroatoms. The van der Waals surface area contributed by atoms with Gasteiger partial charge >= 0.3 is 0 Å². The third kappa shape index (κ3) is 4.89. The summed E-state index contributed by atoms with van der Waals surface area (Å²) in [5.74, 6) is 1.99. The van der Waals surface area contributed by atoms with E-state index in [1.54, 1.807) is 0 Å². The topological polar surface area (TPSA) is 47.7 Å². The highest BCUT2D eigenvalue weighted by molar-refractivity contribution is 5.58. The summed E-state index contributed by atoms with van der Waals surface area (Å²) < 4.78 is 12.7. The second-order valence-electron chi connectivity index (χ2n) is 11.0. The van der Waals surface area contributed by atoms with Crippen LogP contribution in [0.1, 0.15) is 70.6 Å². The van der Waals surface area contributed by atoms with Gasteiger partial charge in [0.25, 0.3) is 0 Å². The van der Waals surface area contributed by atoms with Gasteiger partial charge in [-0.1, -0.05) is 67.6 Å². The zero-order chi connectivity index (χ0) is 25.3. The van der Waals surface area contributed by atoms with Gasteiger partial charge in [0.15, 0.2) is 0 Å². The summed E-state index contributed by atoms with van der Waals surface area (Å²) in [7, 11) is 0. The van der Waals surface area contributed by atoms with Crippen LogP contribution in [0.3, 0.4) is 0 Å². The Hall–Kier alpha value is -2.82. The van der Waals surface area contributed by atoms with Crippen molar-refractivity contribution in [2.24, 2.45) is 11.1 Å². The fourth-order valence-corrected chi connectivity index (χ4v) is 6.01. The van der Waals surface area contributed by atoms with E-state index >= 15 is 0 Å². The molecule has 2 aromatic rings. The summed E-state index contributed by atoms with van der Waals surface area (Å²) in [5, 5.41) is 0. The van der Waals surface area contributed by atoms with Gasteiger partial charge in [0.05, 0.1) is 6.10 Å². The van der Waals surface area contributed by atoms with E-state index in [-0.39, 0.29) is 17.6 Å². The third-order valence-corrected chi connectivity index (χ3v) is 8.47. The first-order valence-corrected chi connectivity index (χ1v) is 13.4. The Bertz CT molecular complexity index is 1130. The number of fused-ring (bicyclic) bond motifs is 1. The summed E-state index contributed by atoms with van der Waals surface area (Å²) in [4.78, 5) is 2.59. The predicted molar refractivity (Wildman–Crippen MR) is 146 cm³/mol. The minimum atomic E-state index is -0.0189. The Balaban J connectivity index is 1.20. The quantitative estimate of drug-likeness (QED) is 0.466. The Morgan fingerprint density at radius 2 is 1.53 bits per heavy atom. The molecule has 0 spiro atoms. The van der Waals surface area contributed by atoms with Crippen LogP contribution in [0.15, 0.2) is 94.6 Å². The number of ether oxygens (including phenoxy) is 2. The fraction of sp³-hybridized carbons (Fsp3) is 0.438. The van der Waals surface area contributed by atoms with Crippen LogP contribution in [0.5, 0.6) is 0 Å². The number of hydrogen-bond donors (Lipinski definition) is 1. The van der Waals surface area contributed by atoms with E-state index in [1.165, 1.54) is 27.8 Å². The molecule has 0 radical (unpaired) electrons. The zero-order valence-electron chi connectivity index (χ0n) is 22.2. The molecule has 5 rings (SSSR count). The van der Waals surface area contributed by atoms with Gasteiger partial charge in [-0.15, -0.1) is 0 Å². The first-order chi connectivity index (χ1) is 17.4. The number of nitrogens with zero attached hydrogens (tertiary/aromatic N) is 1. The maximum Gasteiger partial charge on any atom is 0.108 e. The third-order valence-electron chi connectivity index (χ3n) is 8.47. The van der Waals surface area contributed by atoms with Crippen molar-refractivity contribution in [2.75, 3.05) is 19.6 Å². The van der Waals surface area contributed by atoms with Crippen molar-refractivity contribution >= 4 is 0 Å². The van der Waals surface area contributed by atoms with Crippen molar-refractivity contribution < 1.29 is 9.47 Å². The molecule has 0 aromatic heterocycles. The molecule has 1 aliphatic carbocycles. The fourth-order valence-electron chi connectivity index (χ4n) is 6.01. The molecule has 1 saturated heterocycles. The second kappa shape index (κ2) is 10.3. The summed E-state index contributed by atoms with van der Waals surface area (Å²) >= 11 is 0. The average Bonchev–Trinajstić information content (AvgIpc) is 3.18. The number of piperidine rings is 1. The van der Waals surface area contributed by atoms with E-state index in [0.29, 0.717) is 0 Å². The molecular formula is C32H40N2O2. The predicted octanol–water partition coefficient (Wildman–Crippen LogP) is 6.87. The minimum absolute atomic E-state index is 0.0137. The van der Waals surface area contributed by atoms with E-state index in [2.05, 4.69) is 86.3 Å². The van der Waals surface area contributed by atoms with Crippen molar-refractivity contribution in [1.82, 2.24) is 4.90 Å². The van der Waals surface area contributed by atoms with Crippen molar-refractivity contribution in [3.8, 4) is 0 Å². The van der Waals surface area contributed by atoms with E-state index in [4.69, 9.17) is 15.2 Å². The number of rotatable bonds is 7. The average molecular weight is 485 g/mol. The van der Waals surface area contributed by atoms with Crippen LogP contribution in [-0.2, 0) is 9.47 Å². The molecule has 190 valence electrons. The number of benzene rings is 2. The molecule has 0 bridgehead atoms. The largest absolute Gasteiger partial charge is 0.466 e. The molecule has 4 nitrogen and oxygen atoms in total. The van der Waals surface area contributed by atoms with Crippen molar-refractivity contribution in [1.29, 1.82) is 0 Å². The standard InChI is InChI=1S/C32H40N2O2/c1-22-23(2)35-24(3)28-21-32(4,31(33)29(22)28)17-20-34-18-15-27(16-19-34)36-30(25-11-7-5-8-12-25)26-13-9-6-10-14-26/h5-14,27,30H,15-21,33H2,1-4H3. The molecule has 36 heavy (non-hydrogen) atoms. The Labute approximate surface area is 216 Å². The highest BCUT2D eigenvalue weighted by atomic mass is 16.5. The lowest BCUT2D eigenvalue weighted by atomic mass is 9.82. The molecule has 3 aliphatic rings. The van der Waals surface area contributed by atoms with Gasteiger partial charge in [-0.2, -0.15) is 0 Å². The summed E-state index contributed by atoms with van der Waals surface area (Å²) in [6.07, 6.45) is 4.40. The van der Waals surface area contributed by atoms with Crippen molar-refractivity contribution in [3.63, 3.8) is 0 Å². The monoisotopic (exact) mass is 484 g/mol. The van der Waals surface area contributed by atoms with Crippen LogP contribution in [0.25, 0.3) is 0 Å². The maximum atomic E-state index is 6.80. The smallest absolute Gasteiger partial charge is 0.108 e.